The van der Waals surface area contributed by atoms with E-state index < -0.39 is 13.5 Å². The highest BCUT2D eigenvalue weighted by molar-refractivity contribution is 7.53. The third kappa shape index (κ3) is 5.16. The molecule has 1 N–H and O–H groups in total. The number of rotatable bonds is 9. The Balaban J connectivity index is 1.71. The Morgan fingerprint density at radius 1 is 1.17 bits per heavy atom. The molecule has 1 amide bonds. The van der Waals surface area contributed by atoms with Crippen molar-refractivity contribution >= 4 is 40.2 Å². The summed E-state index contributed by atoms with van der Waals surface area (Å²) < 4.78 is 29.2. The number of benzene rings is 1. The number of para-hydroxylation sites is 1. The minimum atomic E-state index is -3.28. The number of nitrogens with one attached hydrogen (secondary N) is 1. The van der Waals surface area contributed by atoms with Gasteiger partial charge in [0.2, 0.25) is 0 Å². The highest BCUT2D eigenvalue weighted by atomic mass is 32.1. The van der Waals surface area contributed by atoms with Gasteiger partial charge in [-0.05, 0) is 26.0 Å². The summed E-state index contributed by atoms with van der Waals surface area (Å²) in [5.74, 6) is 0.191. The van der Waals surface area contributed by atoms with Gasteiger partial charge in [-0.25, -0.2) is 9.97 Å². The molecule has 154 valence electrons. The van der Waals surface area contributed by atoms with Crippen molar-refractivity contribution in [2.75, 3.05) is 25.6 Å². The summed E-state index contributed by atoms with van der Waals surface area (Å²) >= 11 is 1.33. The average molecular weight is 436 g/mol. The normalized spacial score (nSPS) is 11.6. The van der Waals surface area contributed by atoms with Crippen LogP contribution in [0.4, 0.5) is 5.13 Å². The number of carbonyl (C=O) groups is 1. The van der Waals surface area contributed by atoms with E-state index in [9.17, 15) is 9.36 Å². The van der Waals surface area contributed by atoms with Gasteiger partial charge in [0.25, 0.3) is 5.91 Å². The van der Waals surface area contributed by atoms with Crippen LogP contribution in [0.25, 0.3) is 10.2 Å². The van der Waals surface area contributed by atoms with Gasteiger partial charge in [-0.15, -0.1) is 0 Å². The fraction of sp³-hybridized carbons (Fsp3) is 0.333. The molecule has 9 nitrogen and oxygen atoms in total. The minimum Gasteiger partial charge on any atom is -0.494 e. The number of ether oxygens (including phenoxy) is 1. The lowest BCUT2D eigenvalue weighted by Gasteiger charge is -2.16. The summed E-state index contributed by atoms with van der Waals surface area (Å²) in [6, 6.07) is 5.56. The molecule has 0 bridgehead atoms. The van der Waals surface area contributed by atoms with Gasteiger partial charge in [0.1, 0.15) is 17.0 Å². The third-order valence-electron chi connectivity index (χ3n) is 3.77. The zero-order valence-corrected chi connectivity index (χ0v) is 18.0. The van der Waals surface area contributed by atoms with Gasteiger partial charge in [0.15, 0.2) is 5.13 Å². The van der Waals surface area contributed by atoms with Gasteiger partial charge in [-0.2, -0.15) is 0 Å². The van der Waals surface area contributed by atoms with Gasteiger partial charge in [0.05, 0.1) is 43.1 Å². The van der Waals surface area contributed by atoms with Crippen LogP contribution < -0.4 is 10.1 Å². The Labute approximate surface area is 172 Å². The standard InChI is InChI=1S/C18H21N4O5PS/c1-4-26-28(24,27-5-2)11-12-9-20-13(10-19-12)17(23)22-18-21-16-14(25-3)7-6-8-15(16)29-18/h6-10H,4-5,11H2,1-3H3,(H,21,22,23). The maximum absolute atomic E-state index is 12.6. The molecule has 0 fully saturated rings. The average Bonchev–Trinajstić information content (AvgIpc) is 3.11. The van der Waals surface area contributed by atoms with E-state index in [2.05, 4.69) is 20.3 Å². The second kappa shape index (κ2) is 9.41. The third-order valence-corrected chi connectivity index (χ3v) is 6.72. The molecular formula is C18H21N4O5PS. The Hall–Kier alpha value is -2.39. The maximum Gasteiger partial charge on any atom is 0.336 e. The first kappa shape index (κ1) is 21.3. The molecule has 0 saturated heterocycles. The SMILES string of the molecule is CCOP(=O)(Cc1cnc(C(=O)Nc2nc3c(OC)cccc3s2)cn1)OCC. The molecule has 29 heavy (non-hydrogen) atoms. The number of nitrogens with zero attached hydrogens (tertiary/aromatic N) is 3. The van der Waals surface area contributed by atoms with Crippen LogP contribution in [0.2, 0.25) is 0 Å². The van der Waals surface area contributed by atoms with E-state index in [0.29, 0.717) is 22.1 Å². The number of hydrogen-bond donors (Lipinski definition) is 1. The van der Waals surface area contributed by atoms with Crippen molar-refractivity contribution in [3.63, 3.8) is 0 Å². The Kier molecular flexibility index (Phi) is 6.92. The quantitative estimate of drug-likeness (QED) is 0.499. The predicted octanol–water partition coefficient (Wildman–Crippen LogP) is 4.11. The smallest absolute Gasteiger partial charge is 0.336 e. The molecule has 11 heteroatoms. The van der Waals surface area contributed by atoms with Crippen LogP contribution in [0.1, 0.15) is 30.0 Å². The second-order valence-corrected chi connectivity index (χ2v) is 8.86. The second-order valence-electron chi connectivity index (χ2n) is 5.78. The molecule has 0 aliphatic rings. The summed E-state index contributed by atoms with van der Waals surface area (Å²) in [6.45, 7) is 4.00. The van der Waals surface area contributed by atoms with E-state index in [4.69, 9.17) is 13.8 Å². The molecule has 0 aliphatic carbocycles. The number of anilines is 1. The topological polar surface area (TPSA) is 113 Å². The number of aromatic nitrogens is 3. The van der Waals surface area contributed by atoms with Crippen molar-refractivity contribution < 1.29 is 23.1 Å². The monoisotopic (exact) mass is 436 g/mol. The fourth-order valence-corrected chi connectivity index (χ4v) is 5.06. The first-order valence-electron chi connectivity index (χ1n) is 8.92. The summed E-state index contributed by atoms with van der Waals surface area (Å²) in [7, 11) is -1.71. The van der Waals surface area contributed by atoms with Crippen molar-refractivity contribution in [2.24, 2.45) is 0 Å². The van der Waals surface area contributed by atoms with Gasteiger partial charge in [-0.3, -0.25) is 19.7 Å². The molecule has 1 aromatic carbocycles. The molecule has 0 atom stereocenters. The highest BCUT2D eigenvalue weighted by Crippen LogP contribution is 2.50. The van der Waals surface area contributed by atoms with Gasteiger partial charge >= 0.3 is 7.60 Å². The summed E-state index contributed by atoms with van der Waals surface area (Å²) in [5.41, 5.74) is 1.21. The molecule has 0 spiro atoms. The lowest BCUT2D eigenvalue weighted by atomic mass is 10.3. The molecule has 0 saturated carbocycles. The summed E-state index contributed by atoms with van der Waals surface area (Å²) in [6.07, 6.45) is 2.70. The first-order valence-corrected chi connectivity index (χ1v) is 11.5. The molecule has 0 unspecified atom stereocenters. The lowest BCUT2D eigenvalue weighted by molar-refractivity contribution is 0.102. The minimum absolute atomic E-state index is 0.0127. The van der Waals surface area contributed by atoms with Crippen molar-refractivity contribution in [3.8, 4) is 5.75 Å². The van der Waals surface area contributed by atoms with E-state index in [0.717, 1.165) is 4.70 Å². The molecular weight excluding hydrogens is 415 g/mol. The van der Waals surface area contributed by atoms with Crippen LogP contribution in [0.5, 0.6) is 5.75 Å². The highest BCUT2D eigenvalue weighted by Gasteiger charge is 2.25. The van der Waals surface area contributed by atoms with Crippen molar-refractivity contribution in [3.05, 3.63) is 42.0 Å². The van der Waals surface area contributed by atoms with E-state index in [-0.39, 0.29) is 25.1 Å². The molecule has 2 aromatic heterocycles. The maximum atomic E-state index is 12.6. The molecule has 3 rings (SSSR count). The first-order chi connectivity index (χ1) is 14.0. The number of hydrogen-bond acceptors (Lipinski definition) is 9. The van der Waals surface area contributed by atoms with Gasteiger partial charge < -0.3 is 13.8 Å². The van der Waals surface area contributed by atoms with Crippen molar-refractivity contribution in [1.82, 2.24) is 15.0 Å². The Morgan fingerprint density at radius 3 is 2.55 bits per heavy atom. The largest absolute Gasteiger partial charge is 0.494 e. The molecule has 2 heterocycles. The lowest BCUT2D eigenvalue weighted by Crippen LogP contribution is -2.14. The zero-order chi connectivity index (χ0) is 20.9. The Bertz CT molecular complexity index is 1030. The van der Waals surface area contributed by atoms with Crippen LogP contribution in [0, 0.1) is 0 Å². The predicted molar refractivity (Wildman–Crippen MR) is 111 cm³/mol. The number of methoxy groups -OCH3 is 1. The van der Waals surface area contributed by atoms with Gasteiger partial charge in [0, 0.05) is 6.20 Å². The fourth-order valence-electron chi connectivity index (χ4n) is 2.58. The summed E-state index contributed by atoms with van der Waals surface area (Å²) in [4.78, 5) is 25.1. The van der Waals surface area contributed by atoms with Gasteiger partial charge in [-0.1, -0.05) is 17.4 Å². The van der Waals surface area contributed by atoms with E-state index in [1.165, 1.54) is 23.7 Å². The van der Waals surface area contributed by atoms with E-state index in [1.54, 1.807) is 27.0 Å². The van der Waals surface area contributed by atoms with E-state index in [1.807, 2.05) is 12.1 Å². The van der Waals surface area contributed by atoms with Crippen LogP contribution >= 0.6 is 18.9 Å². The number of carbonyl (C=O) groups excluding carboxylic acids is 1. The molecule has 0 radical (unpaired) electrons. The molecule has 3 aromatic rings. The van der Waals surface area contributed by atoms with Crippen LogP contribution in [0.3, 0.4) is 0 Å². The number of thiazole rings is 1. The number of amides is 1. The van der Waals surface area contributed by atoms with Crippen molar-refractivity contribution in [2.45, 2.75) is 20.0 Å². The van der Waals surface area contributed by atoms with Crippen molar-refractivity contribution in [1.29, 1.82) is 0 Å². The zero-order valence-electron chi connectivity index (χ0n) is 16.2. The van der Waals surface area contributed by atoms with Crippen LogP contribution in [-0.4, -0.2) is 41.2 Å². The van der Waals surface area contributed by atoms with E-state index >= 15 is 0 Å². The van der Waals surface area contributed by atoms with Crippen LogP contribution in [-0.2, 0) is 19.8 Å². The molecule has 0 aliphatic heterocycles. The number of fused-ring (bicyclic) bond motifs is 1. The van der Waals surface area contributed by atoms with Crippen LogP contribution in [0.15, 0.2) is 30.6 Å². The summed E-state index contributed by atoms with van der Waals surface area (Å²) in [5, 5.41) is 3.14. The Morgan fingerprint density at radius 2 is 1.93 bits per heavy atom.